The Morgan fingerprint density at radius 1 is 1.44 bits per heavy atom. The number of Topliss-reactive ketones (excluding diaryl/α,β-unsaturated/α-hetero) is 1. The van der Waals surface area contributed by atoms with Gasteiger partial charge < -0.3 is 4.74 Å². The smallest absolute Gasteiger partial charge is 0.309 e. The second-order valence-electron chi connectivity index (χ2n) is 3.25. The molecule has 0 bridgehead atoms. The van der Waals surface area contributed by atoms with Gasteiger partial charge in [0.1, 0.15) is 0 Å². The molecule has 1 aromatic rings. The number of aromatic nitrogens is 1. The van der Waals surface area contributed by atoms with E-state index >= 15 is 0 Å². The van der Waals surface area contributed by atoms with Crippen LogP contribution in [0.1, 0.15) is 29.3 Å². The SMILES string of the molecule is COC(=O)CC=Cc1cncc(C(C)=O)c1. The number of hydrogen-bond donors (Lipinski definition) is 0. The molecule has 0 saturated heterocycles. The van der Waals surface area contributed by atoms with E-state index in [0.717, 1.165) is 5.56 Å². The van der Waals surface area contributed by atoms with Crippen molar-refractivity contribution < 1.29 is 14.3 Å². The summed E-state index contributed by atoms with van der Waals surface area (Å²) in [5.41, 5.74) is 1.34. The number of esters is 1. The summed E-state index contributed by atoms with van der Waals surface area (Å²) in [6.07, 6.45) is 6.75. The van der Waals surface area contributed by atoms with Gasteiger partial charge in [0.05, 0.1) is 13.5 Å². The van der Waals surface area contributed by atoms with Crippen molar-refractivity contribution in [2.45, 2.75) is 13.3 Å². The molecule has 0 saturated carbocycles. The van der Waals surface area contributed by atoms with Crippen molar-refractivity contribution in [3.05, 3.63) is 35.7 Å². The predicted molar refractivity (Wildman–Crippen MR) is 59.9 cm³/mol. The first-order chi connectivity index (χ1) is 7.63. The third-order valence-corrected chi connectivity index (χ3v) is 1.99. The molecule has 0 atom stereocenters. The number of hydrogen-bond acceptors (Lipinski definition) is 4. The van der Waals surface area contributed by atoms with Crippen LogP contribution in [-0.4, -0.2) is 23.8 Å². The maximum absolute atomic E-state index is 11.1. The third kappa shape index (κ3) is 3.65. The Bertz CT molecular complexity index is 424. The summed E-state index contributed by atoms with van der Waals surface area (Å²) >= 11 is 0. The fourth-order valence-electron chi connectivity index (χ4n) is 1.12. The van der Waals surface area contributed by atoms with Crippen LogP contribution < -0.4 is 0 Å². The molecule has 0 aliphatic carbocycles. The second kappa shape index (κ2) is 5.80. The van der Waals surface area contributed by atoms with E-state index in [2.05, 4.69) is 9.72 Å². The van der Waals surface area contributed by atoms with Crippen molar-refractivity contribution in [3.8, 4) is 0 Å². The van der Waals surface area contributed by atoms with Gasteiger partial charge in [-0.3, -0.25) is 14.6 Å². The van der Waals surface area contributed by atoms with Crippen LogP contribution in [0.15, 0.2) is 24.5 Å². The Hall–Kier alpha value is -1.97. The van der Waals surface area contributed by atoms with Gasteiger partial charge in [0.25, 0.3) is 0 Å². The Labute approximate surface area is 94.0 Å². The van der Waals surface area contributed by atoms with E-state index in [1.807, 2.05) is 0 Å². The van der Waals surface area contributed by atoms with E-state index in [9.17, 15) is 9.59 Å². The Balaban J connectivity index is 2.70. The monoisotopic (exact) mass is 219 g/mol. The lowest BCUT2D eigenvalue weighted by molar-refractivity contribution is -0.139. The molecule has 0 aromatic carbocycles. The molecule has 4 nitrogen and oxygen atoms in total. The predicted octanol–water partition coefficient (Wildman–Crippen LogP) is 1.86. The van der Waals surface area contributed by atoms with Crippen molar-refractivity contribution >= 4 is 17.8 Å². The van der Waals surface area contributed by atoms with Gasteiger partial charge in [-0.25, -0.2) is 0 Å². The topological polar surface area (TPSA) is 56.3 Å². The highest BCUT2D eigenvalue weighted by molar-refractivity contribution is 5.94. The van der Waals surface area contributed by atoms with Gasteiger partial charge in [-0.05, 0) is 18.6 Å². The Morgan fingerprint density at radius 3 is 2.81 bits per heavy atom. The van der Waals surface area contributed by atoms with Gasteiger partial charge in [-0.2, -0.15) is 0 Å². The highest BCUT2D eigenvalue weighted by Gasteiger charge is 1.99. The highest BCUT2D eigenvalue weighted by atomic mass is 16.5. The van der Waals surface area contributed by atoms with E-state index in [-0.39, 0.29) is 18.2 Å². The Kier molecular flexibility index (Phi) is 4.39. The molecule has 16 heavy (non-hydrogen) atoms. The fourth-order valence-corrected chi connectivity index (χ4v) is 1.12. The van der Waals surface area contributed by atoms with Crippen molar-refractivity contribution in [1.82, 2.24) is 4.98 Å². The summed E-state index contributed by atoms with van der Waals surface area (Å²) in [5.74, 6) is -0.331. The lowest BCUT2D eigenvalue weighted by atomic mass is 10.1. The molecule has 0 radical (unpaired) electrons. The molecule has 0 N–H and O–H groups in total. The number of ether oxygens (including phenoxy) is 1. The summed E-state index contributed by atoms with van der Waals surface area (Å²) < 4.78 is 4.49. The molecule has 0 amide bonds. The Morgan fingerprint density at radius 2 is 2.19 bits per heavy atom. The summed E-state index contributed by atoms with van der Waals surface area (Å²) in [6, 6.07) is 1.73. The molecule has 0 aliphatic rings. The number of rotatable bonds is 4. The van der Waals surface area contributed by atoms with E-state index in [0.29, 0.717) is 5.56 Å². The third-order valence-electron chi connectivity index (χ3n) is 1.99. The largest absolute Gasteiger partial charge is 0.469 e. The number of pyridine rings is 1. The number of methoxy groups -OCH3 is 1. The first-order valence-corrected chi connectivity index (χ1v) is 4.83. The molecule has 4 heteroatoms. The van der Waals surface area contributed by atoms with Crippen LogP contribution in [-0.2, 0) is 9.53 Å². The van der Waals surface area contributed by atoms with Crippen LogP contribution in [0, 0.1) is 0 Å². The summed E-state index contributed by atoms with van der Waals surface area (Å²) in [4.78, 5) is 25.9. The first kappa shape index (κ1) is 12.1. The van der Waals surface area contributed by atoms with Crippen LogP contribution in [0.5, 0.6) is 0 Å². The van der Waals surface area contributed by atoms with E-state index < -0.39 is 0 Å². The molecule has 1 aromatic heterocycles. The maximum Gasteiger partial charge on any atom is 0.309 e. The van der Waals surface area contributed by atoms with Gasteiger partial charge in [-0.1, -0.05) is 12.2 Å². The minimum atomic E-state index is -0.299. The molecule has 0 fully saturated rings. The molecular formula is C12H13NO3. The summed E-state index contributed by atoms with van der Waals surface area (Å²) in [7, 11) is 1.34. The van der Waals surface area contributed by atoms with E-state index in [4.69, 9.17) is 0 Å². The number of carbonyl (C=O) groups is 2. The van der Waals surface area contributed by atoms with Crippen LogP contribution in [0.2, 0.25) is 0 Å². The zero-order chi connectivity index (χ0) is 12.0. The molecule has 1 heterocycles. The lowest BCUT2D eigenvalue weighted by Gasteiger charge is -1.97. The van der Waals surface area contributed by atoms with Gasteiger partial charge >= 0.3 is 5.97 Å². The highest BCUT2D eigenvalue weighted by Crippen LogP contribution is 2.06. The molecular weight excluding hydrogens is 206 g/mol. The minimum Gasteiger partial charge on any atom is -0.469 e. The summed E-state index contributed by atoms with van der Waals surface area (Å²) in [5, 5.41) is 0. The quantitative estimate of drug-likeness (QED) is 0.573. The molecule has 0 spiro atoms. The van der Waals surface area contributed by atoms with Crippen LogP contribution in [0.25, 0.3) is 6.08 Å². The first-order valence-electron chi connectivity index (χ1n) is 4.83. The van der Waals surface area contributed by atoms with Crippen LogP contribution >= 0.6 is 0 Å². The zero-order valence-electron chi connectivity index (χ0n) is 9.27. The van der Waals surface area contributed by atoms with Crippen LogP contribution in [0.3, 0.4) is 0 Å². The van der Waals surface area contributed by atoms with E-state index in [1.165, 1.54) is 20.2 Å². The molecule has 1 rings (SSSR count). The lowest BCUT2D eigenvalue weighted by Crippen LogP contribution is -1.97. The van der Waals surface area contributed by atoms with Crippen molar-refractivity contribution in [2.75, 3.05) is 7.11 Å². The molecule has 0 unspecified atom stereocenters. The number of nitrogens with zero attached hydrogens (tertiary/aromatic N) is 1. The standard InChI is InChI=1S/C12H13NO3/c1-9(14)11-6-10(7-13-8-11)4-3-5-12(15)16-2/h3-4,6-8H,5H2,1-2H3. The van der Waals surface area contributed by atoms with Crippen molar-refractivity contribution in [3.63, 3.8) is 0 Å². The number of ketones is 1. The fraction of sp³-hybridized carbons (Fsp3) is 0.250. The summed E-state index contributed by atoms with van der Waals surface area (Å²) in [6.45, 7) is 1.49. The van der Waals surface area contributed by atoms with Gasteiger partial charge in [0.15, 0.2) is 5.78 Å². The molecule has 84 valence electrons. The van der Waals surface area contributed by atoms with Crippen molar-refractivity contribution in [1.29, 1.82) is 0 Å². The van der Waals surface area contributed by atoms with Gasteiger partial charge in [-0.15, -0.1) is 0 Å². The zero-order valence-corrected chi connectivity index (χ0v) is 9.27. The minimum absolute atomic E-state index is 0.0317. The second-order valence-corrected chi connectivity index (χ2v) is 3.25. The average Bonchev–Trinajstić information content (AvgIpc) is 2.29. The van der Waals surface area contributed by atoms with Crippen LogP contribution in [0.4, 0.5) is 0 Å². The molecule has 0 aliphatic heterocycles. The van der Waals surface area contributed by atoms with Crippen molar-refractivity contribution in [2.24, 2.45) is 0 Å². The van der Waals surface area contributed by atoms with Gasteiger partial charge in [0, 0.05) is 18.0 Å². The maximum atomic E-state index is 11.1. The number of carbonyl (C=O) groups excluding carboxylic acids is 2. The normalized spacial score (nSPS) is 10.4. The van der Waals surface area contributed by atoms with E-state index in [1.54, 1.807) is 24.4 Å². The average molecular weight is 219 g/mol. The van der Waals surface area contributed by atoms with Gasteiger partial charge in [0.2, 0.25) is 0 Å².